The molecule has 3 rings (SSSR count). The molecule has 0 amide bonds. The van der Waals surface area contributed by atoms with E-state index in [1.807, 2.05) is 43.4 Å². The van der Waals surface area contributed by atoms with Gasteiger partial charge in [-0.1, -0.05) is 60.2 Å². The van der Waals surface area contributed by atoms with Crippen LogP contribution in [0.25, 0.3) is 5.57 Å². The molecule has 134 valence electrons. The molecule has 0 spiro atoms. The summed E-state index contributed by atoms with van der Waals surface area (Å²) in [4.78, 5) is 1.43. The van der Waals surface area contributed by atoms with Crippen molar-refractivity contribution < 1.29 is 12.9 Å². The summed E-state index contributed by atoms with van der Waals surface area (Å²) in [5.74, 6) is -0.0138. The highest BCUT2D eigenvalue weighted by Gasteiger charge is 2.18. The molecular weight excluding hydrogens is 393 g/mol. The van der Waals surface area contributed by atoms with Crippen molar-refractivity contribution in [2.45, 2.75) is 17.7 Å². The van der Waals surface area contributed by atoms with Crippen molar-refractivity contribution >= 4 is 44.3 Å². The van der Waals surface area contributed by atoms with Crippen molar-refractivity contribution in [3.63, 3.8) is 0 Å². The fraction of sp³-hybridized carbons (Fsp3) is 0.105. The standard InChI is InChI=1S/C19H15ClFNO2S2/c1-12-10-15(5-9-18(12)20)17-8-4-14(11-19(17)25)13-2-6-16(7-3-13)26(23,24)22-21/h2-11,17,22H,1H3. The van der Waals surface area contributed by atoms with Gasteiger partial charge in [0.2, 0.25) is 0 Å². The van der Waals surface area contributed by atoms with Crippen molar-refractivity contribution in [1.29, 1.82) is 0 Å². The van der Waals surface area contributed by atoms with E-state index in [2.05, 4.69) is 0 Å². The van der Waals surface area contributed by atoms with E-state index >= 15 is 0 Å². The van der Waals surface area contributed by atoms with Gasteiger partial charge in [0.1, 0.15) is 0 Å². The maximum atomic E-state index is 12.3. The number of thiocarbonyl (C=S) groups is 1. The quantitative estimate of drug-likeness (QED) is 0.578. The van der Waals surface area contributed by atoms with Crippen molar-refractivity contribution in [2.75, 3.05) is 0 Å². The summed E-state index contributed by atoms with van der Waals surface area (Å²) in [6, 6.07) is 11.8. The van der Waals surface area contributed by atoms with Crippen LogP contribution in [0, 0.1) is 6.92 Å². The number of benzene rings is 2. The lowest BCUT2D eigenvalue weighted by molar-refractivity contribution is 0.425. The van der Waals surface area contributed by atoms with Gasteiger partial charge in [-0.15, -0.1) is 4.48 Å². The Morgan fingerprint density at radius 2 is 1.85 bits per heavy atom. The van der Waals surface area contributed by atoms with Gasteiger partial charge in [-0.05, 0) is 58.4 Å². The minimum absolute atomic E-state index is 0.0138. The fourth-order valence-corrected chi connectivity index (χ4v) is 3.82. The van der Waals surface area contributed by atoms with Gasteiger partial charge in [0.05, 0.1) is 4.90 Å². The molecule has 2 aromatic rings. The molecule has 0 saturated carbocycles. The zero-order valence-electron chi connectivity index (χ0n) is 13.7. The van der Waals surface area contributed by atoms with Crippen LogP contribution in [0.15, 0.2) is 65.6 Å². The summed E-state index contributed by atoms with van der Waals surface area (Å²) in [5.41, 5.74) is 3.73. The SMILES string of the molecule is Cc1cc(C2C=CC(c3ccc(S(=O)(=O)NF)cc3)=CC2=S)ccc1Cl. The first-order chi connectivity index (χ1) is 12.3. The summed E-state index contributed by atoms with van der Waals surface area (Å²) in [5, 5.41) is 0.716. The Morgan fingerprint density at radius 3 is 2.42 bits per heavy atom. The second kappa shape index (κ2) is 7.40. The third-order valence-corrected chi connectivity index (χ3v) is 6.10. The van der Waals surface area contributed by atoms with Crippen LogP contribution in [0.5, 0.6) is 0 Å². The van der Waals surface area contributed by atoms with E-state index in [4.69, 9.17) is 23.8 Å². The van der Waals surface area contributed by atoms with E-state index < -0.39 is 10.0 Å². The molecule has 1 aliphatic rings. The fourth-order valence-electron chi connectivity index (χ4n) is 2.77. The van der Waals surface area contributed by atoms with Crippen LogP contribution in [-0.4, -0.2) is 13.3 Å². The lowest BCUT2D eigenvalue weighted by Gasteiger charge is -2.19. The molecule has 0 fully saturated rings. The monoisotopic (exact) mass is 407 g/mol. The molecule has 0 aromatic heterocycles. The molecule has 1 aliphatic carbocycles. The lowest BCUT2D eigenvalue weighted by atomic mass is 9.87. The molecule has 0 radical (unpaired) electrons. The largest absolute Gasteiger partial charge is 0.266 e. The van der Waals surface area contributed by atoms with Gasteiger partial charge in [0.15, 0.2) is 0 Å². The minimum Gasteiger partial charge on any atom is -0.205 e. The summed E-state index contributed by atoms with van der Waals surface area (Å²) in [6.45, 7) is 1.95. The van der Waals surface area contributed by atoms with E-state index in [1.54, 1.807) is 12.1 Å². The third-order valence-electron chi connectivity index (χ3n) is 4.21. The summed E-state index contributed by atoms with van der Waals surface area (Å²) in [7, 11) is -4.10. The van der Waals surface area contributed by atoms with Crippen molar-refractivity contribution in [1.82, 2.24) is 4.94 Å². The van der Waals surface area contributed by atoms with Gasteiger partial charge in [-0.2, -0.15) is 0 Å². The van der Waals surface area contributed by atoms with E-state index in [9.17, 15) is 12.9 Å². The number of sulfonamides is 1. The van der Waals surface area contributed by atoms with Gasteiger partial charge in [0.25, 0.3) is 10.0 Å². The van der Waals surface area contributed by atoms with E-state index in [0.29, 0.717) is 5.02 Å². The zero-order chi connectivity index (χ0) is 18.9. The first-order valence-corrected chi connectivity index (χ1v) is 10.0. The van der Waals surface area contributed by atoms with Crippen LogP contribution in [0.1, 0.15) is 22.6 Å². The van der Waals surface area contributed by atoms with Crippen LogP contribution in [0.3, 0.4) is 0 Å². The number of allylic oxidation sites excluding steroid dienone is 4. The number of nitrogens with one attached hydrogen (secondary N) is 1. The molecule has 2 aromatic carbocycles. The normalized spacial score (nSPS) is 17.3. The van der Waals surface area contributed by atoms with Gasteiger partial charge in [-0.3, -0.25) is 0 Å². The molecular formula is C19H15ClFNO2S2. The molecule has 1 unspecified atom stereocenters. The Hall–Kier alpha value is -1.86. The maximum Gasteiger partial charge on any atom is 0.266 e. The Kier molecular flexibility index (Phi) is 5.39. The van der Waals surface area contributed by atoms with Gasteiger partial charge in [0, 0.05) is 15.8 Å². The molecule has 7 heteroatoms. The minimum atomic E-state index is -4.10. The number of aryl methyl sites for hydroxylation is 1. The molecule has 1 N–H and O–H groups in total. The second-order valence-corrected chi connectivity index (χ2v) is 8.46. The Labute approximate surface area is 162 Å². The number of rotatable bonds is 4. The average molecular weight is 408 g/mol. The predicted octanol–water partition coefficient (Wildman–Crippen LogP) is 4.92. The van der Waals surface area contributed by atoms with Crippen molar-refractivity contribution in [3.05, 3.63) is 82.4 Å². The van der Waals surface area contributed by atoms with Crippen LogP contribution >= 0.6 is 23.8 Å². The molecule has 0 saturated heterocycles. The third kappa shape index (κ3) is 3.78. The predicted molar refractivity (Wildman–Crippen MR) is 107 cm³/mol. The Balaban J connectivity index is 1.85. The van der Waals surface area contributed by atoms with Gasteiger partial charge >= 0.3 is 0 Å². The Bertz CT molecular complexity index is 1030. The topological polar surface area (TPSA) is 46.2 Å². The van der Waals surface area contributed by atoms with Crippen molar-refractivity contribution in [3.8, 4) is 0 Å². The second-order valence-electron chi connectivity index (χ2n) is 5.95. The summed E-state index contributed by atoms with van der Waals surface area (Å²) >= 11 is 11.6. The number of hydrogen-bond acceptors (Lipinski definition) is 3. The average Bonchev–Trinajstić information content (AvgIpc) is 2.64. The first-order valence-electron chi connectivity index (χ1n) is 7.74. The zero-order valence-corrected chi connectivity index (χ0v) is 16.1. The lowest BCUT2D eigenvalue weighted by Crippen LogP contribution is -2.14. The van der Waals surface area contributed by atoms with E-state index in [-0.39, 0.29) is 10.8 Å². The highest BCUT2D eigenvalue weighted by molar-refractivity contribution is 7.89. The molecule has 0 aliphatic heterocycles. The number of hydrogen-bond donors (Lipinski definition) is 1. The van der Waals surface area contributed by atoms with Crippen LogP contribution in [0.2, 0.25) is 5.02 Å². The molecule has 26 heavy (non-hydrogen) atoms. The van der Waals surface area contributed by atoms with Gasteiger partial charge in [-0.25, -0.2) is 8.42 Å². The van der Waals surface area contributed by atoms with Crippen LogP contribution < -0.4 is 4.94 Å². The Morgan fingerprint density at radius 1 is 1.15 bits per heavy atom. The van der Waals surface area contributed by atoms with E-state index in [0.717, 1.165) is 32.1 Å². The molecule has 3 nitrogen and oxygen atoms in total. The highest BCUT2D eigenvalue weighted by Crippen LogP contribution is 2.31. The molecule has 0 bridgehead atoms. The van der Waals surface area contributed by atoms with E-state index in [1.165, 1.54) is 12.1 Å². The summed E-state index contributed by atoms with van der Waals surface area (Å²) < 4.78 is 35.2. The number of halogens is 2. The van der Waals surface area contributed by atoms with Crippen LogP contribution in [0.4, 0.5) is 4.48 Å². The molecule has 1 atom stereocenters. The van der Waals surface area contributed by atoms with Crippen molar-refractivity contribution in [2.24, 2.45) is 0 Å². The molecule has 0 heterocycles. The highest BCUT2D eigenvalue weighted by atomic mass is 35.5. The first kappa shape index (κ1) is 18.9. The van der Waals surface area contributed by atoms with Gasteiger partial charge < -0.3 is 0 Å². The van der Waals surface area contributed by atoms with Crippen LogP contribution in [-0.2, 0) is 10.0 Å². The summed E-state index contributed by atoms with van der Waals surface area (Å²) in [6.07, 6.45) is 5.84. The smallest absolute Gasteiger partial charge is 0.205 e. The maximum absolute atomic E-state index is 12.3.